The lowest BCUT2D eigenvalue weighted by Gasteiger charge is -2.09. The molecule has 0 aliphatic carbocycles. The number of rotatable bonds is 3. The third-order valence-corrected chi connectivity index (χ3v) is 2.40. The number of alkyl halides is 3. The van der Waals surface area contributed by atoms with Crippen LogP contribution in [0.4, 0.5) is 18.9 Å². The first-order valence-corrected chi connectivity index (χ1v) is 5.03. The zero-order valence-electron chi connectivity index (χ0n) is 8.06. The van der Waals surface area contributed by atoms with E-state index in [0.29, 0.717) is 0 Å². The minimum atomic E-state index is -5.21. The van der Waals surface area contributed by atoms with Crippen LogP contribution in [0.2, 0.25) is 0 Å². The van der Waals surface area contributed by atoms with Gasteiger partial charge in [-0.2, -0.15) is 0 Å². The number of aromatic nitrogens is 1. The second-order valence-electron chi connectivity index (χ2n) is 2.74. The molecule has 0 saturated carbocycles. The highest BCUT2D eigenvalue weighted by atomic mass is 127. The number of aromatic carboxylic acids is 1. The Hall–Kier alpha value is -1.66. The minimum absolute atomic E-state index is 0.179. The Bertz CT molecular complexity index is 519. The topological polar surface area (TPSA) is 103 Å². The van der Waals surface area contributed by atoms with E-state index < -0.39 is 34.4 Å². The fourth-order valence-corrected chi connectivity index (χ4v) is 1.64. The van der Waals surface area contributed by atoms with Gasteiger partial charge in [0.2, 0.25) is 0 Å². The van der Waals surface area contributed by atoms with Crippen molar-refractivity contribution in [2.24, 2.45) is 0 Å². The zero-order chi connectivity index (χ0) is 14.1. The van der Waals surface area contributed by atoms with Crippen molar-refractivity contribution >= 4 is 34.2 Å². The van der Waals surface area contributed by atoms with Crippen molar-refractivity contribution < 1.29 is 32.7 Å². The lowest BCUT2D eigenvalue weighted by molar-refractivity contribution is -0.389. The van der Waals surface area contributed by atoms with Gasteiger partial charge in [0.1, 0.15) is 0 Å². The van der Waals surface area contributed by atoms with E-state index in [4.69, 9.17) is 5.11 Å². The highest BCUT2D eigenvalue weighted by molar-refractivity contribution is 14.1. The minimum Gasteiger partial charge on any atom is -0.477 e. The third-order valence-electron chi connectivity index (χ3n) is 1.58. The maximum atomic E-state index is 12.0. The molecule has 11 heteroatoms. The summed E-state index contributed by atoms with van der Waals surface area (Å²) in [4.78, 5) is 23.2. The van der Waals surface area contributed by atoms with Gasteiger partial charge in [0.05, 0.1) is 8.49 Å². The van der Waals surface area contributed by atoms with Crippen molar-refractivity contribution in [3.05, 3.63) is 25.4 Å². The number of pyridine rings is 1. The van der Waals surface area contributed by atoms with E-state index in [2.05, 4.69) is 9.72 Å². The SMILES string of the molecule is O=C(O)c1c(I)cnc(OC(F)(F)F)c1[N+](=O)[O-]. The van der Waals surface area contributed by atoms with Crippen LogP contribution in [0.3, 0.4) is 0 Å². The molecular formula is C7H2F3IN2O5. The van der Waals surface area contributed by atoms with Crippen LogP contribution in [-0.4, -0.2) is 27.3 Å². The molecule has 1 N–H and O–H groups in total. The molecule has 1 aromatic heterocycles. The number of hydrogen-bond donors (Lipinski definition) is 1. The maximum Gasteiger partial charge on any atom is 0.574 e. The molecule has 1 aromatic rings. The van der Waals surface area contributed by atoms with Gasteiger partial charge in [-0.15, -0.1) is 13.2 Å². The predicted molar refractivity (Wildman–Crippen MR) is 57.3 cm³/mol. The molecule has 0 saturated heterocycles. The Kier molecular flexibility index (Phi) is 3.93. The summed E-state index contributed by atoms with van der Waals surface area (Å²) in [7, 11) is 0. The summed E-state index contributed by atoms with van der Waals surface area (Å²) in [5.74, 6) is -3.16. The molecule has 98 valence electrons. The maximum absolute atomic E-state index is 12.0. The number of nitrogens with zero attached hydrogens (tertiary/aromatic N) is 2. The summed E-state index contributed by atoms with van der Waals surface area (Å²) in [5, 5.41) is 19.4. The van der Waals surface area contributed by atoms with Crippen LogP contribution < -0.4 is 4.74 Å². The lowest BCUT2D eigenvalue weighted by atomic mass is 10.2. The molecule has 0 unspecified atom stereocenters. The van der Waals surface area contributed by atoms with E-state index in [-0.39, 0.29) is 3.57 Å². The fourth-order valence-electron chi connectivity index (χ4n) is 1.02. The first kappa shape index (κ1) is 14.4. The van der Waals surface area contributed by atoms with Crippen molar-refractivity contribution in [3.8, 4) is 5.88 Å². The summed E-state index contributed by atoms with van der Waals surface area (Å²) < 4.78 is 39.1. The van der Waals surface area contributed by atoms with E-state index in [1.807, 2.05) is 0 Å². The molecule has 0 bridgehead atoms. The molecule has 1 rings (SSSR count). The zero-order valence-corrected chi connectivity index (χ0v) is 10.2. The predicted octanol–water partition coefficient (Wildman–Crippen LogP) is 2.19. The molecule has 0 radical (unpaired) electrons. The fraction of sp³-hybridized carbons (Fsp3) is 0.143. The average Bonchev–Trinajstić information content (AvgIpc) is 2.17. The van der Waals surface area contributed by atoms with Crippen molar-refractivity contribution in [1.29, 1.82) is 0 Å². The smallest absolute Gasteiger partial charge is 0.477 e. The Morgan fingerprint density at radius 1 is 1.56 bits per heavy atom. The van der Waals surface area contributed by atoms with Crippen LogP contribution in [-0.2, 0) is 0 Å². The standard InChI is InChI=1S/C7H2F3IN2O5/c8-7(9,10)18-5-4(13(16)17)3(6(14)15)2(11)1-12-5/h1H,(H,14,15). The van der Waals surface area contributed by atoms with E-state index in [1.165, 1.54) is 22.6 Å². The van der Waals surface area contributed by atoms with E-state index in [1.54, 1.807) is 0 Å². The van der Waals surface area contributed by atoms with Crippen LogP contribution in [0.15, 0.2) is 6.20 Å². The number of carboxylic acids is 1. The van der Waals surface area contributed by atoms with Crippen LogP contribution in [0.5, 0.6) is 5.88 Å². The molecule has 0 atom stereocenters. The second-order valence-corrected chi connectivity index (χ2v) is 3.91. The first-order chi connectivity index (χ1) is 8.13. The molecule has 7 nitrogen and oxygen atoms in total. The Balaban J connectivity index is 3.49. The highest BCUT2D eigenvalue weighted by Crippen LogP contribution is 2.34. The number of carboxylic acid groups (broad SMARTS) is 1. The number of nitro groups is 1. The monoisotopic (exact) mass is 378 g/mol. The summed E-state index contributed by atoms with van der Waals surface area (Å²) in [5.41, 5.74) is -2.25. The van der Waals surface area contributed by atoms with Gasteiger partial charge in [-0.3, -0.25) is 10.1 Å². The number of ether oxygens (including phenoxy) is 1. The molecule has 18 heavy (non-hydrogen) atoms. The van der Waals surface area contributed by atoms with Crippen LogP contribution in [0.1, 0.15) is 10.4 Å². The van der Waals surface area contributed by atoms with Crippen molar-refractivity contribution in [2.75, 3.05) is 0 Å². The quantitative estimate of drug-likeness (QED) is 0.492. The van der Waals surface area contributed by atoms with Gasteiger partial charge in [-0.05, 0) is 22.6 Å². The van der Waals surface area contributed by atoms with Gasteiger partial charge >= 0.3 is 23.9 Å². The highest BCUT2D eigenvalue weighted by Gasteiger charge is 2.38. The Morgan fingerprint density at radius 2 is 2.11 bits per heavy atom. The van der Waals surface area contributed by atoms with Crippen LogP contribution in [0.25, 0.3) is 0 Å². The van der Waals surface area contributed by atoms with Gasteiger partial charge in [-0.25, -0.2) is 9.78 Å². The first-order valence-electron chi connectivity index (χ1n) is 3.95. The number of carbonyl (C=O) groups is 1. The number of hydrogen-bond acceptors (Lipinski definition) is 5. The molecule has 0 aromatic carbocycles. The van der Waals surface area contributed by atoms with Crippen molar-refractivity contribution in [3.63, 3.8) is 0 Å². The molecule has 1 heterocycles. The lowest BCUT2D eigenvalue weighted by Crippen LogP contribution is -2.20. The normalized spacial score (nSPS) is 11.1. The molecule has 0 aliphatic rings. The van der Waals surface area contributed by atoms with Gasteiger partial charge in [0, 0.05) is 6.20 Å². The second kappa shape index (κ2) is 4.91. The van der Waals surface area contributed by atoms with Crippen molar-refractivity contribution in [1.82, 2.24) is 4.98 Å². The van der Waals surface area contributed by atoms with Gasteiger partial charge in [-0.1, -0.05) is 0 Å². The van der Waals surface area contributed by atoms with Crippen LogP contribution >= 0.6 is 22.6 Å². The molecule has 0 amide bonds. The summed E-state index contributed by atoms with van der Waals surface area (Å²) in [6.07, 6.45) is -4.47. The van der Waals surface area contributed by atoms with Crippen molar-refractivity contribution in [2.45, 2.75) is 6.36 Å². The van der Waals surface area contributed by atoms with Crippen LogP contribution in [0, 0.1) is 13.7 Å². The summed E-state index contributed by atoms with van der Waals surface area (Å²) in [6.45, 7) is 0. The van der Waals surface area contributed by atoms with E-state index >= 15 is 0 Å². The molecule has 0 spiro atoms. The van der Waals surface area contributed by atoms with Gasteiger partial charge < -0.3 is 9.84 Å². The summed E-state index contributed by atoms with van der Waals surface area (Å²) in [6, 6.07) is 0. The van der Waals surface area contributed by atoms with E-state index in [9.17, 15) is 28.1 Å². The third kappa shape index (κ3) is 3.18. The largest absolute Gasteiger partial charge is 0.574 e. The molecule has 0 fully saturated rings. The van der Waals surface area contributed by atoms with Gasteiger partial charge in [0.25, 0.3) is 0 Å². The Morgan fingerprint density at radius 3 is 2.50 bits per heavy atom. The van der Waals surface area contributed by atoms with E-state index in [0.717, 1.165) is 6.20 Å². The average molecular weight is 378 g/mol. The van der Waals surface area contributed by atoms with Gasteiger partial charge in [0.15, 0.2) is 5.56 Å². The molecular weight excluding hydrogens is 376 g/mol. The Labute approximate surface area is 110 Å². The number of halogens is 4. The summed E-state index contributed by atoms with van der Waals surface area (Å²) >= 11 is 1.40. The molecule has 0 aliphatic heterocycles.